The molecule has 2 aromatic carbocycles. The van der Waals surface area contributed by atoms with E-state index in [1.807, 2.05) is 43.3 Å². The molecule has 1 fully saturated rings. The maximum Gasteiger partial charge on any atom is 0.331 e. The summed E-state index contributed by atoms with van der Waals surface area (Å²) in [6.07, 6.45) is 0. The van der Waals surface area contributed by atoms with E-state index in [9.17, 15) is 9.59 Å². The van der Waals surface area contributed by atoms with Gasteiger partial charge in [0, 0.05) is 11.3 Å². The standard InChI is InChI=1S/C20H21NO4/c1-4-25-20(23)18-17(19(22)14-7-5-13(2)6-8-14)21(18)15-9-11-16(24-3)12-10-15/h5-12,17-18H,4H2,1-3H3/t17-,18+,21?/m0/s1. The van der Waals surface area contributed by atoms with Crippen molar-refractivity contribution in [2.24, 2.45) is 0 Å². The van der Waals surface area contributed by atoms with Gasteiger partial charge in [-0.05, 0) is 38.1 Å². The van der Waals surface area contributed by atoms with E-state index in [4.69, 9.17) is 9.47 Å². The zero-order valence-corrected chi connectivity index (χ0v) is 14.6. The molecule has 0 bridgehead atoms. The Balaban J connectivity index is 1.87. The fourth-order valence-electron chi connectivity index (χ4n) is 2.94. The SMILES string of the molecule is CCOC(=O)[C@H]1[C@@H](C(=O)c2ccc(C)cc2)N1c1ccc(OC)cc1. The van der Waals surface area contributed by atoms with Crippen LogP contribution in [0.15, 0.2) is 48.5 Å². The van der Waals surface area contributed by atoms with E-state index in [2.05, 4.69) is 0 Å². The van der Waals surface area contributed by atoms with Gasteiger partial charge >= 0.3 is 5.97 Å². The maximum absolute atomic E-state index is 12.9. The molecule has 0 aliphatic carbocycles. The highest BCUT2D eigenvalue weighted by atomic mass is 16.5. The molecule has 5 nitrogen and oxygen atoms in total. The third kappa shape index (κ3) is 3.36. The summed E-state index contributed by atoms with van der Waals surface area (Å²) in [5.74, 6) is 0.275. The third-order valence-electron chi connectivity index (χ3n) is 4.31. The Morgan fingerprint density at radius 2 is 1.64 bits per heavy atom. The lowest BCUT2D eigenvalue weighted by Gasteiger charge is -2.07. The Morgan fingerprint density at radius 3 is 2.20 bits per heavy atom. The zero-order chi connectivity index (χ0) is 18.0. The molecule has 2 aromatic rings. The molecule has 1 heterocycles. The first-order chi connectivity index (χ1) is 12.1. The number of aryl methyl sites for hydroxylation is 1. The van der Waals surface area contributed by atoms with Crippen molar-refractivity contribution in [2.75, 3.05) is 18.6 Å². The van der Waals surface area contributed by atoms with Crippen molar-refractivity contribution in [3.8, 4) is 5.75 Å². The smallest absolute Gasteiger partial charge is 0.331 e. The van der Waals surface area contributed by atoms with Crippen molar-refractivity contribution in [1.29, 1.82) is 0 Å². The van der Waals surface area contributed by atoms with Gasteiger partial charge in [-0.25, -0.2) is 4.79 Å². The number of carbonyl (C=O) groups is 2. The number of anilines is 1. The number of benzene rings is 2. The largest absolute Gasteiger partial charge is 0.497 e. The predicted octanol–water partition coefficient (Wildman–Crippen LogP) is 3.01. The number of rotatable bonds is 6. The average Bonchev–Trinajstić information content (AvgIpc) is 3.38. The number of ketones is 1. The molecule has 0 spiro atoms. The molecule has 0 unspecified atom stereocenters. The summed E-state index contributed by atoms with van der Waals surface area (Å²) < 4.78 is 10.3. The number of Topliss-reactive ketones (excluding diaryl/α,β-unsaturated/α-hetero) is 1. The first-order valence-corrected chi connectivity index (χ1v) is 8.26. The number of hydrogen-bond donors (Lipinski definition) is 0. The summed E-state index contributed by atoms with van der Waals surface area (Å²) in [4.78, 5) is 26.9. The topological polar surface area (TPSA) is 55.6 Å². The molecule has 1 saturated heterocycles. The van der Waals surface area contributed by atoms with Crippen molar-refractivity contribution < 1.29 is 19.1 Å². The number of nitrogens with zero attached hydrogens (tertiary/aromatic N) is 1. The van der Waals surface area contributed by atoms with Gasteiger partial charge in [-0.15, -0.1) is 0 Å². The lowest BCUT2D eigenvalue weighted by atomic mass is 10.0. The molecule has 0 saturated carbocycles. The van der Waals surface area contributed by atoms with Crippen molar-refractivity contribution in [3.63, 3.8) is 0 Å². The molecule has 1 aliphatic heterocycles. The van der Waals surface area contributed by atoms with Crippen LogP contribution in [0.5, 0.6) is 5.75 Å². The Bertz CT molecular complexity index is 767. The van der Waals surface area contributed by atoms with Crippen molar-refractivity contribution in [1.82, 2.24) is 0 Å². The lowest BCUT2D eigenvalue weighted by molar-refractivity contribution is -0.142. The number of carbonyl (C=O) groups excluding carboxylic acids is 2. The summed E-state index contributed by atoms with van der Waals surface area (Å²) >= 11 is 0. The van der Waals surface area contributed by atoms with Gasteiger partial charge in [0.2, 0.25) is 0 Å². The van der Waals surface area contributed by atoms with E-state index in [0.29, 0.717) is 5.56 Å². The van der Waals surface area contributed by atoms with Crippen molar-refractivity contribution in [3.05, 3.63) is 59.7 Å². The highest BCUT2D eigenvalue weighted by Gasteiger charge is 2.58. The van der Waals surface area contributed by atoms with Gasteiger partial charge in [0.05, 0.1) is 13.7 Å². The predicted molar refractivity (Wildman–Crippen MR) is 95.2 cm³/mol. The quantitative estimate of drug-likeness (QED) is 0.460. The molecular formula is C20H21NO4. The normalized spacial score (nSPS) is 18.6. The highest BCUT2D eigenvalue weighted by molar-refractivity contribution is 6.11. The Kier molecular flexibility index (Phi) is 4.74. The average molecular weight is 339 g/mol. The molecule has 3 rings (SSSR count). The lowest BCUT2D eigenvalue weighted by Crippen LogP contribution is -2.18. The minimum absolute atomic E-state index is 0.0751. The van der Waals surface area contributed by atoms with E-state index >= 15 is 0 Å². The van der Waals surface area contributed by atoms with Gasteiger partial charge in [-0.2, -0.15) is 0 Å². The molecule has 0 aromatic heterocycles. The van der Waals surface area contributed by atoms with Crippen LogP contribution in [-0.4, -0.2) is 37.6 Å². The number of esters is 1. The summed E-state index contributed by atoms with van der Waals surface area (Å²) in [6.45, 7) is 4.02. The second-order valence-electron chi connectivity index (χ2n) is 5.98. The van der Waals surface area contributed by atoms with Gasteiger partial charge in [0.15, 0.2) is 11.8 Å². The molecule has 130 valence electrons. The van der Waals surface area contributed by atoms with Gasteiger partial charge in [-0.1, -0.05) is 29.8 Å². The van der Waals surface area contributed by atoms with Crippen LogP contribution in [0.3, 0.4) is 0 Å². The van der Waals surface area contributed by atoms with Gasteiger partial charge in [0.25, 0.3) is 0 Å². The number of ether oxygens (including phenoxy) is 2. The second-order valence-corrected chi connectivity index (χ2v) is 5.98. The Hall–Kier alpha value is -2.82. The van der Waals surface area contributed by atoms with Gasteiger partial charge in [0.1, 0.15) is 11.8 Å². The molecule has 1 aliphatic rings. The molecule has 0 radical (unpaired) electrons. The summed E-state index contributed by atoms with van der Waals surface area (Å²) in [5, 5.41) is 0. The van der Waals surface area contributed by atoms with E-state index in [-0.39, 0.29) is 18.4 Å². The monoisotopic (exact) mass is 339 g/mol. The van der Waals surface area contributed by atoms with E-state index in [1.165, 1.54) is 0 Å². The molecule has 5 heteroatoms. The highest BCUT2D eigenvalue weighted by Crippen LogP contribution is 2.38. The summed E-state index contributed by atoms with van der Waals surface area (Å²) in [6, 6.07) is 13.6. The summed E-state index contributed by atoms with van der Waals surface area (Å²) in [5.41, 5.74) is 2.48. The first kappa shape index (κ1) is 17.0. The van der Waals surface area contributed by atoms with Gasteiger partial charge in [-0.3, -0.25) is 4.79 Å². The van der Waals surface area contributed by atoms with Crippen molar-refractivity contribution >= 4 is 17.4 Å². The fourth-order valence-corrected chi connectivity index (χ4v) is 2.94. The van der Waals surface area contributed by atoms with Gasteiger partial charge < -0.3 is 14.4 Å². The van der Waals surface area contributed by atoms with Crippen LogP contribution in [-0.2, 0) is 9.53 Å². The Morgan fingerprint density at radius 1 is 1.00 bits per heavy atom. The van der Waals surface area contributed by atoms with E-state index in [1.54, 1.807) is 31.1 Å². The zero-order valence-electron chi connectivity index (χ0n) is 14.6. The molecular weight excluding hydrogens is 318 g/mol. The minimum Gasteiger partial charge on any atom is -0.497 e. The number of methoxy groups -OCH3 is 1. The van der Waals surface area contributed by atoms with Crippen LogP contribution in [0.2, 0.25) is 0 Å². The minimum atomic E-state index is -0.581. The van der Waals surface area contributed by atoms with Crippen LogP contribution < -0.4 is 9.64 Å². The second kappa shape index (κ2) is 6.97. The van der Waals surface area contributed by atoms with Crippen LogP contribution in [0, 0.1) is 6.92 Å². The molecule has 0 N–H and O–H groups in total. The number of hydrogen-bond acceptors (Lipinski definition) is 5. The van der Waals surface area contributed by atoms with E-state index < -0.39 is 12.1 Å². The first-order valence-electron chi connectivity index (χ1n) is 8.26. The van der Waals surface area contributed by atoms with Crippen molar-refractivity contribution in [2.45, 2.75) is 25.9 Å². The van der Waals surface area contributed by atoms with Crippen LogP contribution in [0.1, 0.15) is 22.8 Å². The van der Waals surface area contributed by atoms with Crippen LogP contribution in [0.4, 0.5) is 5.69 Å². The van der Waals surface area contributed by atoms with Crippen LogP contribution in [0.25, 0.3) is 0 Å². The molecule has 25 heavy (non-hydrogen) atoms. The van der Waals surface area contributed by atoms with Crippen LogP contribution >= 0.6 is 0 Å². The fraction of sp³-hybridized carbons (Fsp3) is 0.300. The Labute approximate surface area is 147 Å². The third-order valence-corrected chi connectivity index (χ3v) is 4.31. The van der Waals surface area contributed by atoms with E-state index in [0.717, 1.165) is 17.0 Å². The maximum atomic E-state index is 12.9. The molecule has 2 atom stereocenters. The molecule has 0 amide bonds. The summed E-state index contributed by atoms with van der Waals surface area (Å²) in [7, 11) is 1.59.